The summed E-state index contributed by atoms with van der Waals surface area (Å²) < 4.78 is 15.8. The molecule has 25 heavy (non-hydrogen) atoms. The summed E-state index contributed by atoms with van der Waals surface area (Å²) >= 11 is 0. The molecule has 1 rings (SSSR count). The van der Waals surface area contributed by atoms with Crippen molar-refractivity contribution in [2.75, 3.05) is 47.1 Å². The number of nitrogens with one attached hydrogen (secondary N) is 2. The van der Waals surface area contributed by atoms with Crippen LogP contribution in [0.2, 0.25) is 0 Å². The highest BCUT2D eigenvalue weighted by atomic mass is 16.5. The molecule has 1 aromatic rings. The minimum Gasteiger partial charge on any atom is -0.496 e. The summed E-state index contributed by atoms with van der Waals surface area (Å²) in [5.41, 5.74) is 2.99. The molecule has 2 N–H and O–H groups in total. The SMILES string of the molecule is CCNC(=NCc1ncc(C)c(OC)c1C)NCCCOCCOC. The van der Waals surface area contributed by atoms with E-state index >= 15 is 0 Å². The zero-order valence-corrected chi connectivity index (χ0v) is 16.1. The maximum Gasteiger partial charge on any atom is 0.191 e. The van der Waals surface area contributed by atoms with Gasteiger partial charge in [0.15, 0.2) is 5.96 Å². The van der Waals surface area contributed by atoms with Gasteiger partial charge in [-0.1, -0.05) is 0 Å². The predicted octanol–water partition coefficient (Wildman–Crippen LogP) is 1.82. The van der Waals surface area contributed by atoms with E-state index in [9.17, 15) is 0 Å². The fourth-order valence-electron chi connectivity index (χ4n) is 2.35. The molecule has 0 aliphatic heterocycles. The molecule has 7 heteroatoms. The minimum absolute atomic E-state index is 0.502. The van der Waals surface area contributed by atoms with Gasteiger partial charge in [-0.25, -0.2) is 4.99 Å². The summed E-state index contributed by atoms with van der Waals surface area (Å²) in [4.78, 5) is 9.09. The van der Waals surface area contributed by atoms with E-state index in [1.165, 1.54) is 0 Å². The first-order valence-corrected chi connectivity index (χ1v) is 8.71. The van der Waals surface area contributed by atoms with Gasteiger partial charge in [-0.15, -0.1) is 0 Å². The molecule has 0 saturated heterocycles. The van der Waals surface area contributed by atoms with E-state index in [1.54, 1.807) is 14.2 Å². The fourth-order valence-corrected chi connectivity index (χ4v) is 2.35. The van der Waals surface area contributed by atoms with Crippen LogP contribution in [0.4, 0.5) is 0 Å². The Morgan fingerprint density at radius 1 is 1.16 bits per heavy atom. The van der Waals surface area contributed by atoms with Gasteiger partial charge >= 0.3 is 0 Å². The molecule has 0 amide bonds. The molecule has 0 saturated carbocycles. The molecule has 0 aliphatic carbocycles. The van der Waals surface area contributed by atoms with Gasteiger partial charge in [0.25, 0.3) is 0 Å². The predicted molar refractivity (Wildman–Crippen MR) is 100 cm³/mol. The molecule has 142 valence electrons. The van der Waals surface area contributed by atoms with Crippen LogP contribution in [0.25, 0.3) is 0 Å². The number of nitrogens with zero attached hydrogens (tertiary/aromatic N) is 2. The van der Waals surface area contributed by atoms with Gasteiger partial charge < -0.3 is 24.8 Å². The number of ether oxygens (including phenoxy) is 3. The molecule has 0 aromatic carbocycles. The van der Waals surface area contributed by atoms with E-state index in [0.717, 1.165) is 48.0 Å². The third kappa shape index (κ3) is 7.70. The van der Waals surface area contributed by atoms with Crippen molar-refractivity contribution in [3.8, 4) is 5.75 Å². The first-order chi connectivity index (χ1) is 12.1. The van der Waals surface area contributed by atoms with Crippen LogP contribution in [-0.2, 0) is 16.0 Å². The van der Waals surface area contributed by atoms with Gasteiger partial charge in [0.05, 0.1) is 32.6 Å². The summed E-state index contributed by atoms with van der Waals surface area (Å²) in [5.74, 6) is 1.66. The van der Waals surface area contributed by atoms with Crippen molar-refractivity contribution in [3.05, 3.63) is 23.0 Å². The second-order valence-corrected chi connectivity index (χ2v) is 5.63. The summed E-state index contributed by atoms with van der Waals surface area (Å²) in [6.07, 6.45) is 2.73. The molecule has 0 radical (unpaired) electrons. The summed E-state index contributed by atoms with van der Waals surface area (Å²) in [5, 5.41) is 6.55. The van der Waals surface area contributed by atoms with Crippen LogP contribution in [0.5, 0.6) is 5.75 Å². The van der Waals surface area contributed by atoms with Crippen molar-refractivity contribution in [1.29, 1.82) is 0 Å². The van der Waals surface area contributed by atoms with Gasteiger partial charge in [-0.3, -0.25) is 4.98 Å². The Balaban J connectivity index is 2.53. The zero-order valence-electron chi connectivity index (χ0n) is 16.1. The smallest absolute Gasteiger partial charge is 0.191 e. The van der Waals surface area contributed by atoms with Gasteiger partial charge in [0.1, 0.15) is 5.75 Å². The number of hydrogen-bond donors (Lipinski definition) is 2. The van der Waals surface area contributed by atoms with Crippen molar-refractivity contribution in [2.45, 2.75) is 33.7 Å². The largest absolute Gasteiger partial charge is 0.496 e. The number of aliphatic imine (C=N–C) groups is 1. The first-order valence-electron chi connectivity index (χ1n) is 8.71. The van der Waals surface area contributed by atoms with Crippen molar-refractivity contribution >= 4 is 5.96 Å². The zero-order chi connectivity index (χ0) is 18.5. The Labute approximate surface area is 151 Å². The summed E-state index contributed by atoms with van der Waals surface area (Å²) in [7, 11) is 3.35. The average molecular weight is 352 g/mol. The standard InChI is InChI=1S/C18H32N4O3/c1-6-19-18(20-8-7-9-25-11-10-23-4)22-13-16-15(3)17(24-5)14(2)12-21-16/h12H,6-11,13H2,1-5H3,(H2,19,20,22). The molecule has 0 atom stereocenters. The lowest BCUT2D eigenvalue weighted by Gasteiger charge is -2.13. The Bertz CT molecular complexity index is 535. The molecule has 1 heterocycles. The monoisotopic (exact) mass is 352 g/mol. The highest BCUT2D eigenvalue weighted by Crippen LogP contribution is 2.24. The van der Waals surface area contributed by atoms with E-state index in [0.29, 0.717) is 26.4 Å². The molecule has 0 bridgehead atoms. The van der Waals surface area contributed by atoms with E-state index in [1.807, 2.05) is 27.0 Å². The van der Waals surface area contributed by atoms with Crippen molar-refractivity contribution < 1.29 is 14.2 Å². The molecule has 0 aliphatic rings. The number of guanidine groups is 1. The van der Waals surface area contributed by atoms with Gasteiger partial charge in [-0.2, -0.15) is 0 Å². The fraction of sp³-hybridized carbons (Fsp3) is 0.667. The van der Waals surface area contributed by atoms with Gasteiger partial charge in [0, 0.05) is 44.1 Å². The highest BCUT2D eigenvalue weighted by Gasteiger charge is 2.09. The van der Waals surface area contributed by atoms with Crippen LogP contribution >= 0.6 is 0 Å². The van der Waals surface area contributed by atoms with Crippen LogP contribution in [0.1, 0.15) is 30.2 Å². The van der Waals surface area contributed by atoms with Crippen LogP contribution in [0, 0.1) is 13.8 Å². The number of hydrogen-bond acceptors (Lipinski definition) is 5. The Morgan fingerprint density at radius 3 is 2.64 bits per heavy atom. The highest BCUT2D eigenvalue weighted by molar-refractivity contribution is 5.79. The minimum atomic E-state index is 0.502. The van der Waals surface area contributed by atoms with Crippen LogP contribution in [0.3, 0.4) is 0 Å². The van der Waals surface area contributed by atoms with Crippen LogP contribution in [-0.4, -0.2) is 58.1 Å². The lowest BCUT2D eigenvalue weighted by Crippen LogP contribution is -2.38. The van der Waals surface area contributed by atoms with Gasteiger partial charge in [0.2, 0.25) is 0 Å². The van der Waals surface area contributed by atoms with Crippen LogP contribution in [0.15, 0.2) is 11.2 Å². The summed E-state index contributed by atoms with van der Waals surface area (Å²) in [6, 6.07) is 0. The molecular weight excluding hydrogens is 320 g/mol. The maximum absolute atomic E-state index is 5.45. The van der Waals surface area contributed by atoms with E-state index < -0.39 is 0 Å². The van der Waals surface area contributed by atoms with Gasteiger partial charge in [-0.05, 0) is 27.2 Å². The molecule has 0 spiro atoms. The first kappa shape index (κ1) is 21.2. The molecule has 7 nitrogen and oxygen atoms in total. The van der Waals surface area contributed by atoms with Crippen molar-refractivity contribution in [3.63, 3.8) is 0 Å². The lowest BCUT2D eigenvalue weighted by molar-refractivity contribution is 0.0698. The van der Waals surface area contributed by atoms with E-state index in [-0.39, 0.29) is 0 Å². The normalized spacial score (nSPS) is 11.5. The number of pyridine rings is 1. The second-order valence-electron chi connectivity index (χ2n) is 5.63. The maximum atomic E-state index is 5.45. The van der Waals surface area contributed by atoms with Crippen molar-refractivity contribution in [1.82, 2.24) is 15.6 Å². The summed E-state index contributed by atoms with van der Waals surface area (Å²) in [6.45, 7) is 10.1. The Hall–Kier alpha value is -1.86. The number of aromatic nitrogens is 1. The second kappa shape index (κ2) is 12.5. The Kier molecular flexibility index (Phi) is 10.6. The van der Waals surface area contributed by atoms with Crippen molar-refractivity contribution in [2.24, 2.45) is 4.99 Å². The molecule has 1 aromatic heterocycles. The third-order valence-electron chi connectivity index (χ3n) is 3.67. The topological polar surface area (TPSA) is 77.0 Å². The third-order valence-corrected chi connectivity index (χ3v) is 3.67. The Morgan fingerprint density at radius 2 is 1.96 bits per heavy atom. The number of rotatable bonds is 11. The number of methoxy groups -OCH3 is 2. The molecule has 0 unspecified atom stereocenters. The average Bonchev–Trinajstić information content (AvgIpc) is 2.60. The molecular formula is C18H32N4O3. The van der Waals surface area contributed by atoms with E-state index in [2.05, 4.69) is 20.6 Å². The lowest BCUT2D eigenvalue weighted by atomic mass is 10.1. The quantitative estimate of drug-likeness (QED) is 0.359. The number of aryl methyl sites for hydroxylation is 1. The van der Waals surface area contributed by atoms with Crippen LogP contribution < -0.4 is 15.4 Å². The van der Waals surface area contributed by atoms with E-state index in [4.69, 9.17) is 14.2 Å². The molecule has 0 fully saturated rings.